The number of hydrogen-bond acceptors (Lipinski definition) is 6. The molecule has 0 aromatic rings. The van der Waals surface area contributed by atoms with Crippen LogP contribution in [0.4, 0.5) is 4.79 Å². The van der Waals surface area contributed by atoms with E-state index in [1.807, 2.05) is 20.8 Å². The number of rotatable bonds is 6. The average molecular weight is 372 g/mol. The zero-order chi connectivity index (χ0) is 18.9. The van der Waals surface area contributed by atoms with Crippen molar-refractivity contribution in [2.24, 2.45) is 15.9 Å². The number of carbonyl (C=O) groups is 2. The van der Waals surface area contributed by atoms with Crippen LogP contribution in [0.1, 0.15) is 33.6 Å². The van der Waals surface area contributed by atoms with Gasteiger partial charge in [-0.2, -0.15) is 0 Å². The molecule has 0 unspecified atom stereocenters. The van der Waals surface area contributed by atoms with Crippen LogP contribution >= 0.6 is 11.6 Å². The molecule has 1 saturated heterocycles. The predicted molar refractivity (Wildman–Crippen MR) is 98.7 cm³/mol. The summed E-state index contributed by atoms with van der Waals surface area (Å²) in [7, 11) is 0. The number of hydrogen-bond donors (Lipinski definition) is 2. The molecule has 1 heterocycles. The van der Waals surface area contributed by atoms with Gasteiger partial charge in [0, 0.05) is 25.5 Å². The molecular weight excluding hydrogens is 346 g/mol. The lowest BCUT2D eigenvalue weighted by Gasteiger charge is -2.33. The third kappa shape index (κ3) is 8.53. The second-order valence-corrected chi connectivity index (χ2v) is 6.79. The minimum Gasteiger partial charge on any atom is -0.444 e. The summed E-state index contributed by atoms with van der Waals surface area (Å²) in [6.45, 7) is 9.99. The first-order valence-corrected chi connectivity index (χ1v) is 8.57. The molecule has 2 amide bonds. The molecule has 0 aliphatic carbocycles. The van der Waals surface area contributed by atoms with Gasteiger partial charge in [-0.25, -0.2) is 9.79 Å². The maximum absolute atomic E-state index is 12.2. The number of piperidine rings is 1. The summed E-state index contributed by atoms with van der Waals surface area (Å²) in [5.41, 5.74) is 4.61. The number of amides is 2. The van der Waals surface area contributed by atoms with E-state index in [2.05, 4.69) is 27.4 Å². The van der Waals surface area contributed by atoms with Crippen LogP contribution in [-0.4, -0.2) is 54.0 Å². The molecule has 1 aliphatic heterocycles. The predicted octanol–water partition coefficient (Wildman–Crippen LogP) is 2.06. The number of carbonyl (C=O) groups excluding carboxylic acids is 2. The van der Waals surface area contributed by atoms with Gasteiger partial charge in [0.15, 0.2) is 0 Å². The van der Waals surface area contributed by atoms with Gasteiger partial charge in [-0.05, 0) is 33.6 Å². The van der Waals surface area contributed by atoms with Crippen molar-refractivity contribution < 1.29 is 14.3 Å². The Morgan fingerprint density at radius 3 is 2.72 bits per heavy atom. The molecule has 1 aliphatic rings. The highest BCUT2D eigenvalue weighted by Crippen LogP contribution is 2.19. The first-order valence-electron chi connectivity index (χ1n) is 8.04. The van der Waals surface area contributed by atoms with Crippen LogP contribution in [0.5, 0.6) is 0 Å². The number of alkyl halides is 1. The molecule has 0 saturated carbocycles. The monoisotopic (exact) mass is 371 g/mol. The van der Waals surface area contributed by atoms with E-state index in [1.54, 1.807) is 4.90 Å². The third-order valence-electron chi connectivity index (χ3n) is 3.25. The Bertz CT molecular complexity index is 542. The van der Waals surface area contributed by atoms with Crippen molar-refractivity contribution in [3.63, 3.8) is 0 Å². The smallest absolute Gasteiger partial charge is 0.410 e. The standard InChI is InChI=1S/C16H26ClN5O3/c1-12(19-8-7-18-11-17)20-21-14(23)13-6-5-9-22(10-13)15(24)25-16(2,3)4/h7-8,13,20H,1,5-6,9-11H2,2-4H3,(H,21,23)/t13-/m0/s1. The molecule has 140 valence electrons. The third-order valence-corrected chi connectivity index (χ3v) is 3.38. The van der Waals surface area contributed by atoms with Crippen molar-refractivity contribution in [1.82, 2.24) is 15.8 Å². The molecule has 0 aromatic carbocycles. The minimum absolute atomic E-state index is 0.151. The summed E-state index contributed by atoms with van der Waals surface area (Å²) >= 11 is 5.38. The Labute approximate surface area is 153 Å². The van der Waals surface area contributed by atoms with E-state index in [9.17, 15) is 9.59 Å². The Kier molecular flexibility index (Phi) is 8.40. The van der Waals surface area contributed by atoms with Crippen molar-refractivity contribution in [2.45, 2.75) is 39.2 Å². The summed E-state index contributed by atoms with van der Waals surface area (Å²) in [5.74, 6) is -0.281. The number of aliphatic imine (C=N–C) groups is 2. The van der Waals surface area contributed by atoms with E-state index in [4.69, 9.17) is 16.3 Å². The summed E-state index contributed by atoms with van der Waals surface area (Å²) in [6, 6.07) is 0.151. The first-order chi connectivity index (χ1) is 11.7. The van der Waals surface area contributed by atoms with Gasteiger partial charge in [-0.1, -0.05) is 6.58 Å². The van der Waals surface area contributed by atoms with Crippen molar-refractivity contribution in [3.05, 3.63) is 12.4 Å². The number of ether oxygens (including phenoxy) is 1. The lowest BCUT2D eigenvalue weighted by Crippen LogP contribution is -2.49. The molecule has 1 fully saturated rings. The van der Waals surface area contributed by atoms with Crippen LogP contribution in [0, 0.1) is 5.92 Å². The van der Waals surface area contributed by atoms with E-state index in [-0.39, 0.29) is 23.6 Å². The fourth-order valence-corrected chi connectivity index (χ4v) is 2.24. The fourth-order valence-electron chi connectivity index (χ4n) is 2.16. The van der Waals surface area contributed by atoms with Gasteiger partial charge in [-0.15, -0.1) is 11.6 Å². The van der Waals surface area contributed by atoms with Crippen LogP contribution in [-0.2, 0) is 9.53 Å². The fraction of sp³-hybridized carbons (Fsp3) is 0.625. The van der Waals surface area contributed by atoms with E-state index in [1.165, 1.54) is 12.4 Å². The lowest BCUT2D eigenvalue weighted by molar-refractivity contribution is -0.127. The van der Waals surface area contributed by atoms with E-state index in [0.29, 0.717) is 19.5 Å². The highest BCUT2D eigenvalue weighted by Gasteiger charge is 2.30. The van der Waals surface area contributed by atoms with Gasteiger partial charge in [-0.3, -0.25) is 20.6 Å². The van der Waals surface area contributed by atoms with Gasteiger partial charge < -0.3 is 9.64 Å². The van der Waals surface area contributed by atoms with Gasteiger partial charge >= 0.3 is 6.09 Å². The number of halogens is 1. The van der Waals surface area contributed by atoms with Crippen LogP contribution in [0.15, 0.2) is 22.4 Å². The normalized spacial score (nSPS) is 18.4. The second kappa shape index (κ2) is 10.0. The van der Waals surface area contributed by atoms with Crippen molar-refractivity contribution in [1.29, 1.82) is 0 Å². The Balaban J connectivity index is 2.45. The maximum atomic E-state index is 12.2. The van der Waals surface area contributed by atoms with Crippen LogP contribution < -0.4 is 10.9 Å². The quantitative estimate of drug-likeness (QED) is 0.323. The highest BCUT2D eigenvalue weighted by atomic mass is 35.5. The molecule has 25 heavy (non-hydrogen) atoms. The minimum atomic E-state index is -0.559. The Morgan fingerprint density at radius 2 is 2.08 bits per heavy atom. The van der Waals surface area contributed by atoms with Crippen molar-refractivity contribution in [2.75, 3.05) is 19.1 Å². The topological polar surface area (TPSA) is 95.4 Å². The van der Waals surface area contributed by atoms with Crippen LogP contribution in [0.2, 0.25) is 0 Å². The molecule has 1 atom stereocenters. The molecule has 9 heteroatoms. The number of hydrazine groups is 1. The molecule has 0 spiro atoms. The molecule has 0 bridgehead atoms. The summed E-state index contributed by atoms with van der Waals surface area (Å²) in [6.07, 6.45) is 3.89. The molecule has 2 N–H and O–H groups in total. The largest absolute Gasteiger partial charge is 0.444 e. The van der Waals surface area contributed by atoms with Gasteiger partial charge in [0.2, 0.25) is 5.91 Å². The summed E-state index contributed by atoms with van der Waals surface area (Å²) in [4.78, 5) is 33.6. The second-order valence-electron chi connectivity index (χ2n) is 6.56. The highest BCUT2D eigenvalue weighted by molar-refractivity contribution is 6.21. The van der Waals surface area contributed by atoms with Gasteiger partial charge in [0.05, 0.1) is 5.92 Å². The SMILES string of the molecule is C=C(N=CC=NCCl)NNC(=O)[C@H]1CCCN(C(=O)OC(C)(C)C)C1. The lowest BCUT2D eigenvalue weighted by atomic mass is 9.98. The Hall–Kier alpha value is -2.09. The van der Waals surface area contributed by atoms with E-state index in [0.717, 1.165) is 6.42 Å². The average Bonchev–Trinajstić information content (AvgIpc) is 2.55. The molecular formula is C16H26ClN5O3. The summed E-state index contributed by atoms with van der Waals surface area (Å²) < 4.78 is 5.35. The van der Waals surface area contributed by atoms with Gasteiger partial charge in [0.1, 0.15) is 17.4 Å². The zero-order valence-corrected chi connectivity index (χ0v) is 15.7. The van der Waals surface area contributed by atoms with Crippen molar-refractivity contribution in [3.8, 4) is 0 Å². The van der Waals surface area contributed by atoms with Crippen molar-refractivity contribution >= 4 is 36.0 Å². The van der Waals surface area contributed by atoms with Gasteiger partial charge in [0.25, 0.3) is 0 Å². The zero-order valence-electron chi connectivity index (χ0n) is 14.9. The molecule has 8 nitrogen and oxygen atoms in total. The molecule has 0 radical (unpaired) electrons. The number of likely N-dealkylation sites (tertiary alicyclic amines) is 1. The first kappa shape index (κ1) is 21.0. The Morgan fingerprint density at radius 1 is 1.36 bits per heavy atom. The number of nitrogens with zero attached hydrogens (tertiary/aromatic N) is 3. The number of nitrogens with one attached hydrogen (secondary N) is 2. The van der Waals surface area contributed by atoms with Crippen LogP contribution in [0.25, 0.3) is 0 Å². The molecule has 1 rings (SSSR count). The van der Waals surface area contributed by atoms with E-state index >= 15 is 0 Å². The molecule has 0 aromatic heterocycles. The maximum Gasteiger partial charge on any atom is 0.410 e. The van der Waals surface area contributed by atoms with Crippen LogP contribution in [0.3, 0.4) is 0 Å². The van der Waals surface area contributed by atoms with E-state index < -0.39 is 11.7 Å². The summed E-state index contributed by atoms with van der Waals surface area (Å²) in [5, 5.41) is 0.